The molecule has 8 heteroatoms. The number of methoxy groups -OCH3 is 2. The number of ether oxygens (including phenoxy) is 2. The van der Waals surface area contributed by atoms with Gasteiger partial charge in [0.2, 0.25) is 11.7 Å². The predicted molar refractivity (Wildman–Crippen MR) is 123 cm³/mol. The van der Waals surface area contributed by atoms with Crippen LogP contribution in [-0.4, -0.2) is 42.1 Å². The van der Waals surface area contributed by atoms with Gasteiger partial charge in [0, 0.05) is 0 Å². The van der Waals surface area contributed by atoms with E-state index in [0.717, 1.165) is 5.56 Å². The van der Waals surface area contributed by atoms with Gasteiger partial charge in [-0.2, -0.15) is 0 Å². The summed E-state index contributed by atoms with van der Waals surface area (Å²) < 4.78 is 10.7. The Balaban J connectivity index is 1.58. The zero-order valence-corrected chi connectivity index (χ0v) is 18.8. The second-order valence-electron chi connectivity index (χ2n) is 8.18. The van der Waals surface area contributed by atoms with Crippen molar-refractivity contribution in [1.82, 2.24) is 4.90 Å². The van der Waals surface area contributed by atoms with Crippen LogP contribution < -0.4 is 14.5 Å². The molecule has 0 saturated carbocycles. The Bertz CT molecular complexity index is 1190. The molecule has 2 heterocycles. The van der Waals surface area contributed by atoms with Crippen LogP contribution in [0.5, 0.6) is 17.2 Å². The third-order valence-electron chi connectivity index (χ3n) is 6.24. The van der Waals surface area contributed by atoms with Gasteiger partial charge in [0.25, 0.3) is 5.91 Å². The number of para-hydroxylation sites is 1. The van der Waals surface area contributed by atoms with E-state index < -0.39 is 18.1 Å². The third-order valence-corrected chi connectivity index (χ3v) is 6.24. The van der Waals surface area contributed by atoms with E-state index in [1.807, 2.05) is 60.7 Å². The summed E-state index contributed by atoms with van der Waals surface area (Å²) in [6, 6.07) is 21.3. The number of hydroxylamine groups is 1. The van der Waals surface area contributed by atoms with E-state index in [1.165, 1.54) is 19.1 Å². The fourth-order valence-electron chi connectivity index (χ4n) is 4.62. The van der Waals surface area contributed by atoms with Crippen molar-refractivity contribution in [3.8, 4) is 17.2 Å². The maximum atomic E-state index is 13.6. The molecule has 5 rings (SSSR count). The lowest BCUT2D eigenvalue weighted by Crippen LogP contribution is -2.37. The minimum Gasteiger partial charge on any atom is -0.502 e. The molecule has 0 aliphatic carbocycles. The van der Waals surface area contributed by atoms with Crippen LogP contribution in [0.1, 0.15) is 17.2 Å². The number of nitrogens with zero attached hydrogens (tertiary/aromatic N) is 2. The lowest BCUT2D eigenvalue weighted by molar-refractivity contribution is -0.143. The number of phenolic OH excluding ortho intramolecular Hbond substituents is 1. The van der Waals surface area contributed by atoms with Gasteiger partial charge in [-0.15, -0.1) is 0 Å². The summed E-state index contributed by atoms with van der Waals surface area (Å²) in [5, 5.41) is 12.0. The topological polar surface area (TPSA) is 88.5 Å². The van der Waals surface area contributed by atoms with E-state index in [1.54, 1.807) is 17.2 Å². The van der Waals surface area contributed by atoms with Gasteiger partial charge in [-0.1, -0.05) is 48.5 Å². The zero-order chi connectivity index (χ0) is 23.8. The van der Waals surface area contributed by atoms with Crippen LogP contribution in [0.4, 0.5) is 5.69 Å². The van der Waals surface area contributed by atoms with E-state index in [9.17, 15) is 14.7 Å². The Hall–Kier alpha value is -4.04. The van der Waals surface area contributed by atoms with Crippen molar-refractivity contribution in [3.63, 3.8) is 0 Å². The molecule has 0 spiro atoms. The largest absolute Gasteiger partial charge is 0.502 e. The number of benzene rings is 3. The Kier molecular flexibility index (Phi) is 5.59. The summed E-state index contributed by atoms with van der Waals surface area (Å²) in [7, 11) is 2.88. The number of fused-ring (bicyclic) bond motifs is 1. The Morgan fingerprint density at radius 3 is 2.06 bits per heavy atom. The van der Waals surface area contributed by atoms with Crippen LogP contribution in [0.2, 0.25) is 0 Å². The number of hydrogen-bond donors (Lipinski definition) is 1. The summed E-state index contributed by atoms with van der Waals surface area (Å²) in [4.78, 5) is 34.3. The molecule has 0 aromatic heterocycles. The third kappa shape index (κ3) is 3.52. The second-order valence-corrected chi connectivity index (χ2v) is 8.18. The Morgan fingerprint density at radius 1 is 0.882 bits per heavy atom. The number of aromatic hydroxyl groups is 1. The van der Waals surface area contributed by atoms with Gasteiger partial charge in [-0.25, -0.2) is 5.06 Å². The highest BCUT2D eigenvalue weighted by Gasteiger charge is 2.60. The first kappa shape index (κ1) is 21.8. The molecule has 0 unspecified atom stereocenters. The average molecular weight is 460 g/mol. The van der Waals surface area contributed by atoms with Gasteiger partial charge >= 0.3 is 0 Å². The van der Waals surface area contributed by atoms with Crippen LogP contribution in [0.15, 0.2) is 72.8 Å². The first-order chi connectivity index (χ1) is 16.5. The highest BCUT2D eigenvalue weighted by atomic mass is 16.7. The molecule has 2 aliphatic heterocycles. The Morgan fingerprint density at radius 2 is 1.47 bits per heavy atom. The molecule has 3 aromatic rings. The number of hydrogen-bond acceptors (Lipinski definition) is 7. The average Bonchev–Trinajstić information content (AvgIpc) is 3.37. The van der Waals surface area contributed by atoms with Crippen LogP contribution in [0, 0.1) is 5.92 Å². The number of anilines is 1. The SMILES string of the molecule is COc1cc([C@H]2[C@H]3C(=O)N(Cc4ccccc4)C(=O)[C@@H]3ON2c2ccccc2)cc(OC)c1O. The van der Waals surface area contributed by atoms with Gasteiger partial charge in [0.05, 0.1) is 32.5 Å². The zero-order valence-electron chi connectivity index (χ0n) is 18.8. The van der Waals surface area contributed by atoms with Crippen LogP contribution in [0.3, 0.4) is 0 Å². The number of phenols is 1. The molecule has 8 nitrogen and oxygen atoms in total. The van der Waals surface area contributed by atoms with Gasteiger partial charge in [0.15, 0.2) is 17.6 Å². The van der Waals surface area contributed by atoms with Crippen molar-refractivity contribution in [1.29, 1.82) is 0 Å². The van der Waals surface area contributed by atoms with Gasteiger partial charge in [-0.3, -0.25) is 19.3 Å². The van der Waals surface area contributed by atoms with Crippen molar-refractivity contribution >= 4 is 17.5 Å². The lowest BCUT2D eigenvalue weighted by atomic mass is 9.90. The first-order valence-corrected chi connectivity index (χ1v) is 10.9. The van der Waals surface area contributed by atoms with E-state index in [-0.39, 0.29) is 35.6 Å². The first-order valence-electron chi connectivity index (χ1n) is 10.9. The molecule has 2 saturated heterocycles. The monoisotopic (exact) mass is 460 g/mol. The molecule has 2 aliphatic rings. The molecular formula is C26H24N2O6. The van der Waals surface area contributed by atoms with Crippen LogP contribution >= 0.6 is 0 Å². The molecule has 174 valence electrons. The quantitative estimate of drug-likeness (QED) is 0.564. The maximum absolute atomic E-state index is 13.6. The number of rotatable bonds is 6. The van der Waals surface area contributed by atoms with Crippen molar-refractivity contribution in [2.75, 3.05) is 19.3 Å². The number of amides is 2. The predicted octanol–water partition coefficient (Wildman–Crippen LogP) is 3.46. The van der Waals surface area contributed by atoms with Crippen molar-refractivity contribution < 1.29 is 29.0 Å². The Labute approximate surface area is 196 Å². The molecule has 0 radical (unpaired) electrons. The molecule has 2 amide bonds. The standard InChI is InChI=1S/C26H24N2O6/c1-32-19-13-17(14-20(33-2)23(19)29)22-21-24(34-28(22)18-11-7-4-8-12-18)26(31)27(25(21)30)15-16-9-5-3-6-10-16/h3-14,21-22,24,29H,15H2,1-2H3/t21-,22+,24-/m1/s1. The fraction of sp³-hybridized carbons (Fsp3) is 0.231. The summed E-state index contributed by atoms with van der Waals surface area (Å²) in [6.07, 6.45) is -0.966. The lowest BCUT2D eigenvalue weighted by Gasteiger charge is -2.29. The highest BCUT2D eigenvalue weighted by Crippen LogP contribution is 2.49. The fourth-order valence-corrected chi connectivity index (χ4v) is 4.62. The number of likely N-dealkylation sites (tertiary alicyclic amines) is 1. The molecule has 3 atom stereocenters. The summed E-state index contributed by atoms with van der Waals surface area (Å²) in [6.45, 7) is 0.176. The van der Waals surface area contributed by atoms with Crippen molar-refractivity contribution in [2.24, 2.45) is 5.92 Å². The van der Waals surface area contributed by atoms with Gasteiger partial charge < -0.3 is 14.6 Å². The van der Waals surface area contributed by atoms with Gasteiger partial charge in [-0.05, 0) is 35.4 Å². The normalized spacial score (nSPS) is 21.6. The van der Waals surface area contributed by atoms with Crippen molar-refractivity contribution in [3.05, 3.63) is 83.9 Å². The highest BCUT2D eigenvalue weighted by molar-refractivity contribution is 6.07. The second kappa shape index (κ2) is 8.72. The molecule has 2 fully saturated rings. The summed E-state index contributed by atoms with van der Waals surface area (Å²) >= 11 is 0. The number of carbonyl (C=O) groups excluding carboxylic acids is 2. The number of carbonyl (C=O) groups is 2. The minimum atomic E-state index is -0.966. The van der Waals surface area contributed by atoms with E-state index in [2.05, 4.69) is 0 Å². The van der Waals surface area contributed by atoms with E-state index in [4.69, 9.17) is 14.3 Å². The molecule has 34 heavy (non-hydrogen) atoms. The minimum absolute atomic E-state index is 0.144. The van der Waals surface area contributed by atoms with Crippen LogP contribution in [0.25, 0.3) is 0 Å². The molecule has 0 bridgehead atoms. The van der Waals surface area contributed by atoms with E-state index >= 15 is 0 Å². The summed E-state index contributed by atoms with van der Waals surface area (Å²) in [5.74, 6) is -1.22. The number of imide groups is 1. The van der Waals surface area contributed by atoms with Crippen molar-refractivity contribution in [2.45, 2.75) is 18.7 Å². The maximum Gasteiger partial charge on any atom is 0.262 e. The molecular weight excluding hydrogens is 436 g/mol. The smallest absolute Gasteiger partial charge is 0.262 e. The molecule has 1 N–H and O–H groups in total. The van der Waals surface area contributed by atoms with E-state index in [0.29, 0.717) is 11.3 Å². The van der Waals surface area contributed by atoms with Gasteiger partial charge in [0.1, 0.15) is 5.92 Å². The summed E-state index contributed by atoms with van der Waals surface area (Å²) in [5.41, 5.74) is 2.17. The molecule has 3 aromatic carbocycles. The van der Waals surface area contributed by atoms with Crippen LogP contribution in [-0.2, 0) is 21.0 Å².